The van der Waals surface area contributed by atoms with E-state index in [4.69, 9.17) is 9.47 Å². The van der Waals surface area contributed by atoms with Gasteiger partial charge in [-0.25, -0.2) is 0 Å². The summed E-state index contributed by atoms with van der Waals surface area (Å²) in [5.41, 5.74) is 0.829. The standard InChI is InChI=1S/C52H82N4O11S/c1-13-34(6)48(42(66-10)30-45(60)55-26-20-23-39(55)49(67-11)35(7)40(57)28-37(52(64)65)27-36-21-16-14-17-22-36)54(9)50(62)38(32(2)3)29-41(58)47(33(4)5)53(8)44(59)24-18-15-19-25-56-46(61)31-43(68-12)51(56)63/h14,16-17,21-22,32-35,37-39,42-43,47-49H,13,15,18-20,23-31H2,1-12H3,(H,64,65)/t34-,35-,37+,38?,39-,42+,43?,47-,48-,49+/m0/s1. The molecule has 16 heteroatoms. The van der Waals surface area contributed by atoms with Crippen LogP contribution in [0.15, 0.2) is 30.3 Å². The number of likely N-dealkylation sites (tertiary alicyclic amines) is 2. The topological polar surface area (TPSA) is 188 Å². The molecular formula is C52H82N4O11S. The molecule has 2 fully saturated rings. The predicted molar refractivity (Wildman–Crippen MR) is 263 cm³/mol. The van der Waals surface area contributed by atoms with E-state index in [9.17, 15) is 43.5 Å². The van der Waals surface area contributed by atoms with Gasteiger partial charge in [-0.3, -0.25) is 43.3 Å². The number of methoxy groups -OCH3 is 2. The minimum atomic E-state index is -1.05. The van der Waals surface area contributed by atoms with E-state index in [1.165, 1.54) is 35.8 Å². The number of carboxylic acid groups (broad SMARTS) is 1. The Kier molecular flexibility index (Phi) is 23.9. The first-order chi connectivity index (χ1) is 32.1. The third kappa shape index (κ3) is 15.4. The molecule has 2 heterocycles. The van der Waals surface area contributed by atoms with Crippen LogP contribution in [0, 0.1) is 35.5 Å². The summed E-state index contributed by atoms with van der Waals surface area (Å²) in [5, 5.41) is 9.68. The van der Waals surface area contributed by atoms with E-state index in [0.29, 0.717) is 51.6 Å². The van der Waals surface area contributed by atoms with Gasteiger partial charge >= 0.3 is 5.97 Å². The Morgan fingerprint density at radius 1 is 0.853 bits per heavy atom. The number of Topliss-reactive ketones (excluding diaryl/α,β-unsaturated/α-hetero) is 2. The minimum absolute atomic E-state index is 0.0445. The molecule has 2 saturated heterocycles. The number of hydrogen-bond acceptors (Lipinski definition) is 11. The first-order valence-electron chi connectivity index (χ1n) is 24.7. The molecule has 2 unspecified atom stereocenters. The smallest absolute Gasteiger partial charge is 0.307 e. The van der Waals surface area contributed by atoms with E-state index < -0.39 is 54.1 Å². The third-order valence-corrected chi connectivity index (χ3v) is 15.5. The first-order valence-corrected chi connectivity index (χ1v) is 26.0. The lowest BCUT2D eigenvalue weighted by molar-refractivity contribution is -0.150. The number of likely N-dealkylation sites (N-methyl/N-ethyl adjacent to an activating group) is 2. The molecule has 2 aliphatic heterocycles. The zero-order valence-electron chi connectivity index (χ0n) is 42.9. The van der Waals surface area contributed by atoms with Crippen molar-refractivity contribution in [1.82, 2.24) is 19.6 Å². The van der Waals surface area contributed by atoms with Crippen LogP contribution in [0.5, 0.6) is 0 Å². The van der Waals surface area contributed by atoms with Gasteiger partial charge in [-0.05, 0) is 61.7 Å². The van der Waals surface area contributed by atoms with Gasteiger partial charge < -0.3 is 29.3 Å². The Labute approximate surface area is 410 Å². The molecule has 382 valence electrons. The third-order valence-electron chi connectivity index (χ3n) is 14.5. The number of carbonyl (C=O) groups is 8. The van der Waals surface area contributed by atoms with Gasteiger partial charge in [0, 0.05) is 78.9 Å². The number of carboxylic acids is 1. The summed E-state index contributed by atoms with van der Waals surface area (Å²) in [6.45, 7) is 14.1. The number of nitrogens with zero attached hydrogens (tertiary/aromatic N) is 4. The van der Waals surface area contributed by atoms with Crippen LogP contribution < -0.4 is 0 Å². The number of ether oxygens (including phenoxy) is 2. The number of aliphatic carboxylic acids is 1. The lowest BCUT2D eigenvalue weighted by atomic mass is 9.83. The minimum Gasteiger partial charge on any atom is -0.481 e. The van der Waals surface area contributed by atoms with E-state index in [1.807, 2.05) is 78.1 Å². The van der Waals surface area contributed by atoms with Crippen molar-refractivity contribution in [3.8, 4) is 0 Å². The average molecular weight is 971 g/mol. The highest BCUT2D eigenvalue weighted by molar-refractivity contribution is 8.00. The van der Waals surface area contributed by atoms with Crippen molar-refractivity contribution < 1.29 is 52.9 Å². The van der Waals surface area contributed by atoms with E-state index in [1.54, 1.807) is 30.8 Å². The Balaban J connectivity index is 1.70. The van der Waals surface area contributed by atoms with Crippen molar-refractivity contribution in [2.45, 2.75) is 161 Å². The van der Waals surface area contributed by atoms with E-state index >= 15 is 0 Å². The van der Waals surface area contributed by atoms with Gasteiger partial charge in [0.05, 0.1) is 47.9 Å². The molecule has 2 aliphatic rings. The fraction of sp³-hybridized carbons (Fsp3) is 0.731. The second kappa shape index (κ2) is 27.9. The summed E-state index contributed by atoms with van der Waals surface area (Å²) in [6, 6.07) is 7.49. The van der Waals surface area contributed by atoms with Crippen LogP contribution in [-0.4, -0.2) is 155 Å². The molecule has 68 heavy (non-hydrogen) atoms. The molecule has 3 rings (SSSR count). The second-order valence-corrected chi connectivity index (χ2v) is 20.9. The lowest BCUT2D eigenvalue weighted by Gasteiger charge is -2.41. The quantitative estimate of drug-likeness (QED) is 0.0646. The summed E-state index contributed by atoms with van der Waals surface area (Å²) in [6.07, 6.45) is 4.54. The van der Waals surface area contributed by atoms with Gasteiger partial charge in [0.15, 0.2) is 5.78 Å². The molecule has 0 spiro atoms. The Morgan fingerprint density at radius 3 is 2.06 bits per heavy atom. The van der Waals surface area contributed by atoms with Crippen molar-refractivity contribution in [3.05, 3.63) is 35.9 Å². The van der Waals surface area contributed by atoms with Crippen LogP contribution in [0.25, 0.3) is 0 Å². The molecule has 5 amide bonds. The number of imide groups is 1. The SMILES string of the molecule is CC[C@H](C)[C@@H]([C@@H](CC(=O)N1CCC[C@H]1[C@H](OC)[C@@H](C)C(=O)C[C@@H](Cc1ccccc1)C(=O)O)OC)N(C)C(=O)C(CC(=O)[C@H](C(C)C)N(C)C(=O)CCCCCN1C(=O)CC(SC)C1=O)C(C)C. The zero-order chi connectivity index (χ0) is 51.0. The summed E-state index contributed by atoms with van der Waals surface area (Å²) >= 11 is 1.38. The van der Waals surface area contributed by atoms with Crippen LogP contribution in [0.3, 0.4) is 0 Å². The Morgan fingerprint density at radius 2 is 1.51 bits per heavy atom. The number of unbranched alkanes of at least 4 members (excludes halogenated alkanes) is 2. The highest BCUT2D eigenvalue weighted by Crippen LogP contribution is 2.32. The van der Waals surface area contributed by atoms with Gasteiger partial charge in [0.25, 0.3) is 0 Å². The number of ketones is 2. The number of rotatable bonds is 30. The van der Waals surface area contributed by atoms with Crippen molar-refractivity contribution in [1.29, 1.82) is 0 Å². The van der Waals surface area contributed by atoms with E-state index in [-0.39, 0.29) is 103 Å². The summed E-state index contributed by atoms with van der Waals surface area (Å²) in [7, 11) is 6.37. The maximum absolute atomic E-state index is 14.7. The maximum Gasteiger partial charge on any atom is 0.307 e. The summed E-state index contributed by atoms with van der Waals surface area (Å²) in [4.78, 5) is 114. The van der Waals surface area contributed by atoms with Crippen molar-refractivity contribution in [2.75, 3.05) is 47.7 Å². The van der Waals surface area contributed by atoms with E-state index in [2.05, 4.69) is 0 Å². The zero-order valence-corrected chi connectivity index (χ0v) is 43.8. The highest BCUT2D eigenvalue weighted by atomic mass is 32.2. The lowest BCUT2D eigenvalue weighted by Crippen LogP contribution is -2.54. The van der Waals surface area contributed by atoms with Crippen LogP contribution in [0.4, 0.5) is 0 Å². The predicted octanol–water partition coefficient (Wildman–Crippen LogP) is 6.57. The fourth-order valence-electron chi connectivity index (χ4n) is 10.3. The molecular weight excluding hydrogens is 889 g/mol. The number of benzene rings is 1. The molecule has 1 aromatic carbocycles. The van der Waals surface area contributed by atoms with E-state index in [0.717, 1.165) is 5.56 Å². The molecule has 0 bridgehead atoms. The van der Waals surface area contributed by atoms with Crippen LogP contribution in [0.2, 0.25) is 0 Å². The average Bonchev–Trinajstić information content (AvgIpc) is 3.90. The largest absolute Gasteiger partial charge is 0.481 e. The monoisotopic (exact) mass is 971 g/mol. The van der Waals surface area contributed by atoms with Gasteiger partial charge in [0.1, 0.15) is 5.78 Å². The normalized spacial score (nSPS) is 19.9. The van der Waals surface area contributed by atoms with Crippen molar-refractivity contribution >= 4 is 58.8 Å². The molecule has 1 aromatic rings. The van der Waals surface area contributed by atoms with Gasteiger partial charge in [0.2, 0.25) is 29.5 Å². The van der Waals surface area contributed by atoms with Crippen molar-refractivity contribution in [2.24, 2.45) is 35.5 Å². The molecule has 0 aliphatic carbocycles. The van der Waals surface area contributed by atoms with Gasteiger partial charge in [-0.1, -0.05) is 91.6 Å². The number of carbonyl (C=O) groups excluding carboxylic acids is 7. The molecule has 15 nitrogen and oxygen atoms in total. The number of thioether (sulfide) groups is 1. The summed E-state index contributed by atoms with van der Waals surface area (Å²) < 4.78 is 12.0. The van der Waals surface area contributed by atoms with Crippen LogP contribution in [-0.2, 0) is 54.3 Å². The highest BCUT2D eigenvalue weighted by Gasteiger charge is 2.44. The first kappa shape index (κ1) is 58.2. The van der Waals surface area contributed by atoms with Gasteiger partial charge in [-0.2, -0.15) is 11.8 Å². The number of amides is 5. The summed E-state index contributed by atoms with van der Waals surface area (Å²) in [5.74, 6) is -5.30. The Hall–Kier alpha value is -4.15. The molecule has 0 aromatic heterocycles. The van der Waals surface area contributed by atoms with Crippen LogP contribution in [0.1, 0.15) is 125 Å². The van der Waals surface area contributed by atoms with Crippen LogP contribution >= 0.6 is 11.8 Å². The number of hydrogen-bond donors (Lipinski definition) is 1. The molecule has 0 saturated carbocycles. The molecule has 0 radical (unpaired) electrons. The second-order valence-electron chi connectivity index (χ2n) is 19.8. The fourth-order valence-corrected chi connectivity index (χ4v) is 10.9. The Bertz CT molecular complexity index is 1860. The molecule has 1 N–H and O–H groups in total. The van der Waals surface area contributed by atoms with Gasteiger partial charge in [-0.15, -0.1) is 0 Å². The van der Waals surface area contributed by atoms with Crippen molar-refractivity contribution in [3.63, 3.8) is 0 Å². The maximum atomic E-state index is 14.7. The molecule has 10 atom stereocenters.